The lowest BCUT2D eigenvalue weighted by atomic mass is 10.1. The summed E-state index contributed by atoms with van der Waals surface area (Å²) >= 11 is 0. The zero-order valence-electron chi connectivity index (χ0n) is 13.2. The third kappa shape index (κ3) is 5.24. The molecule has 0 spiro atoms. The second-order valence-corrected chi connectivity index (χ2v) is 5.65. The fraction of sp³-hybridized carbons (Fsp3) is 0.368. The quantitative estimate of drug-likeness (QED) is 0.825. The van der Waals surface area contributed by atoms with E-state index in [4.69, 9.17) is 4.74 Å². The molecule has 0 aliphatic carbocycles. The largest absolute Gasteiger partial charge is 0.489 e. The lowest BCUT2D eigenvalue weighted by Gasteiger charge is -2.11. The van der Waals surface area contributed by atoms with Crippen molar-refractivity contribution >= 4 is 0 Å². The van der Waals surface area contributed by atoms with Crippen LogP contribution in [0.15, 0.2) is 48.5 Å². The average Bonchev–Trinajstić information content (AvgIpc) is 2.52. The van der Waals surface area contributed by atoms with Gasteiger partial charge in [0.2, 0.25) is 0 Å². The molecule has 2 rings (SSSR count). The van der Waals surface area contributed by atoms with Gasteiger partial charge in [0, 0.05) is 6.04 Å². The Morgan fingerprint density at radius 1 is 1.05 bits per heavy atom. The van der Waals surface area contributed by atoms with E-state index in [1.165, 1.54) is 16.7 Å². The number of rotatable bonds is 7. The molecule has 2 nitrogen and oxygen atoms in total. The average molecular weight is 283 g/mol. The van der Waals surface area contributed by atoms with Crippen LogP contribution in [-0.2, 0) is 13.0 Å². The number of hydrogen-bond donors (Lipinski definition) is 1. The molecule has 0 heterocycles. The molecule has 0 saturated heterocycles. The fourth-order valence-electron chi connectivity index (χ4n) is 2.17. The highest BCUT2D eigenvalue weighted by atomic mass is 16.5. The van der Waals surface area contributed by atoms with Crippen molar-refractivity contribution < 1.29 is 4.74 Å². The van der Waals surface area contributed by atoms with Crippen molar-refractivity contribution in [1.82, 2.24) is 5.32 Å². The summed E-state index contributed by atoms with van der Waals surface area (Å²) in [5, 5.41) is 3.27. The molecule has 2 aromatic rings. The van der Waals surface area contributed by atoms with Crippen molar-refractivity contribution in [1.29, 1.82) is 0 Å². The predicted octanol–water partition coefficient (Wildman–Crippen LogP) is 4.11. The van der Waals surface area contributed by atoms with E-state index >= 15 is 0 Å². The molecule has 0 aliphatic rings. The molecule has 1 atom stereocenters. The predicted molar refractivity (Wildman–Crippen MR) is 88.8 cm³/mol. The minimum absolute atomic E-state index is 0.544. The van der Waals surface area contributed by atoms with E-state index in [-0.39, 0.29) is 0 Å². The van der Waals surface area contributed by atoms with Gasteiger partial charge in [-0.1, -0.05) is 42.0 Å². The van der Waals surface area contributed by atoms with Gasteiger partial charge >= 0.3 is 0 Å². The van der Waals surface area contributed by atoms with E-state index in [1.54, 1.807) is 0 Å². The van der Waals surface area contributed by atoms with Crippen LogP contribution in [-0.4, -0.2) is 13.1 Å². The molecule has 112 valence electrons. The van der Waals surface area contributed by atoms with Gasteiger partial charge in [0.1, 0.15) is 12.4 Å². The summed E-state index contributed by atoms with van der Waals surface area (Å²) in [7, 11) is 2.01. The highest BCUT2D eigenvalue weighted by Gasteiger charge is 2.02. The molecule has 2 aromatic carbocycles. The Morgan fingerprint density at radius 3 is 2.52 bits per heavy atom. The smallest absolute Gasteiger partial charge is 0.120 e. The normalized spacial score (nSPS) is 12.1. The Balaban J connectivity index is 1.90. The van der Waals surface area contributed by atoms with Gasteiger partial charge in [-0.2, -0.15) is 0 Å². The van der Waals surface area contributed by atoms with Crippen molar-refractivity contribution in [3.05, 3.63) is 65.2 Å². The van der Waals surface area contributed by atoms with Gasteiger partial charge in [0.25, 0.3) is 0 Å². The summed E-state index contributed by atoms with van der Waals surface area (Å²) in [6, 6.07) is 17.4. The Morgan fingerprint density at radius 2 is 1.81 bits per heavy atom. The highest BCUT2D eigenvalue weighted by Crippen LogP contribution is 2.17. The van der Waals surface area contributed by atoms with Crippen molar-refractivity contribution in [2.24, 2.45) is 0 Å². The van der Waals surface area contributed by atoms with Gasteiger partial charge in [-0.3, -0.25) is 0 Å². The first-order chi connectivity index (χ1) is 10.2. The van der Waals surface area contributed by atoms with Crippen LogP contribution in [0.25, 0.3) is 0 Å². The molecule has 0 radical (unpaired) electrons. The SMILES string of the molecule is CNC(C)CCc1cccc(OCc2ccc(C)cc2)c1. The third-order valence-electron chi connectivity index (χ3n) is 3.78. The van der Waals surface area contributed by atoms with Crippen molar-refractivity contribution in [2.45, 2.75) is 39.3 Å². The van der Waals surface area contributed by atoms with Gasteiger partial charge < -0.3 is 10.1 Å². The molecule has 0 fully saturated rings. The first kappa shape index (κ1) is 15.6. The molecule has 1 N–H and O–H groups in total. The molecule has 21 heavy (non-hydrogen) atoms. The molecule has 0 aliphatic heterocycles. The maximum atomic E-state index is 5.89. The van der Waals surface area contributed by atoms with Crippen LogP contribution in [0.2, 0.25) is 0 Å². The number of hydrogen-bond acceptors (Lipinski definition) is 2. The van der Waals surface area contributed by atoms with Gasteiger partial charge in [0.15, 0.2) is 0 Å². The number of nitrogens with one attached hydrogen (secondary N) is 1. The Bertz CT molecular complexity index is 548. The van der Waals surface area contributed by atoms with E-state index in [2.05, 4.69) is 61.6 Å². The topological polar surface area (TPSA) is 21.3 Å². The number of ether oxygens (including phenoxy) is 1. The van der Waals surface area contributed by atoms with Crippen LogP contribution in [0.5, 0.6) is 5.75 Å². The molecule has 0 bridgehead atoms. The van der Waals surface area contributed by atoms with Crippen LogP contribution in [0, 0.1) is 6.92 Å². The van der Waals surface area contributed by atoms with E-state index in [9.17, 15) is 0 Å². The zero-order chi connectivity index (χ0) is 15.1. The first-order valence-corrected chi connectivity index (χ1v) is 7.62. The van der Waals surface area contributed by atoms with Crippen molar-refractivity contribution in [2.75, 3.05) is 7.05 Å². The van der Waals surface area contributed by atoms with E-state index in [1.807, 2.05) is 13.1 Å². The lowest BCUT2D eigenvalue weighted by Crippen LogP contribution is -2.21. The summed E-state index contributed by atoms with van der Waals surface area (Å²) in [5.41, 5.74) is 3.81. The van der Waals surface area contributed by atoms with Crippen LogP contribution < -0.4 is 10.1 Å². The van der Waals surface area contributed by atoms with Gasteiger partial charge in [-0.05, 0) is 57.0 Å². The van der Waals surface area contributed by atoms with Crippen molar-refractivity contribution in [3.63, 3.8) is 0 Å². The molecule has 2 heteroatoms. The zero-order valence-corrected chi connectivity index (χ0v) is 13.2. The Kier molecular flexibility index (Phi) is 5.82. The Hall–Kier alpha value is -1.80. The Labute approximate surface area is 128 Å². The molecular weight excluding hydrogens is 258 g/mol. The number of benzene rings is 2. The lowest BCUT2D eigenvalue weighted by molar-refractivity contribution is 0.306. The summed E-state index contributed by atoms with van der Waals surface area (Å²) in [5.74, 6) is 0.949. The van der Waals surface area contributed by atoms with Gasteiger partial charge in [0.05, 0.1) is 0 Å². The van der Waals surface area contributed by atoms with Crippen LogP contribution in [0.4, 0.5) is 0 Å². The second kappa shape index (κ2) is 7.84. The second-order valence-electron chi connectivity index (χ2n) is 5.65. The molecule has 0 amide bonds. The third-order valence-corrected chi connectivity index (χ3v) is 3.78. The summed E-state index contributed by atoms with van der Waals surface area (Å²) in [6.07, 6.45) is 2.21. The molecule has 0 saturated carbocycles. The first-order valence-electron chi connectivity index (χ1n) is 7.62. The monoisotopic (exact) mass is 283 g/mol. The van der Waals surface area contributed by atoms with Gasteiger partial charge in [-0.15, -0.1) is 0 Å². The summed E-state index contributed by atoms with van der Waals surface area (Å²) in [4.78, 5) is 0. The standard InChI is InChI=1S/C19H25NO/c1-15-7-10-18(11-8-15)14-21-19-6-4-5-17(13-19)12-9-16(2)20-3/h4-8,10-11,13,16,20H,9,12,14H2,1-3H3. The minimum Gasteiger partial charge on any atom is -0.489 e. The van der Waals surface area contributed by atoms with E-state index in [0.29, 0.717) is 12.6 Å². The molecule has 1 unspecified atom stereocenters. The van der Waals surface area contributed by atoms with Crippen LogP contribution in [0.1, 0.15) is 30.0 Å². The molecule has 0 aromatic heterocycles. The van der Waals surface area contributed by atoms with E-state index in [0.717, 1.165) is 18.6 Å². The maximum Gasteiger partial charge on any atom is 0.120 e. The van der Waals surface area contributed by atoms with E-state index < -0.39 is 0 Å². The summed E-state index contributed by atoms with van der Waals surface area (Å²) in [6.45, 7) is 4.93. The maximum absolute atomic E-state index is 5.89. The number of aryl methyl sites for hydroxylation is 2. The highest BCUT2D eigenvalue weighted by molar-refractivity contribution is 5.29. The summed E-state index contributed by atoms with van der Waals surface area (Å²) < 4.78 is 5.89. The minimum atomic E-state index is 0.544. The van der Waals surface area contributed by atoms with Crippen LogP contribution >= 0.6 is 0 Å². The van der Waals surface area contributed by atoms with Crippen molar-refractivity contribution in [3.8, 4) is 5.75 Å². The molecular formula is C19H25NO. The van der Waals surface area contributed by atoms with Gasteiger partial charge in [-0.25, -0.2) is 0 Å². The van der Waals surface area contributed by atoms with Crippen LogP contribution in [0.3, 0.4) is 0 Å². The fourth-order valence-corrected chi connectivity index (χ4v) is 2.17.